The first-order chi connectivity index (χ1) is 12.5. The molecule has 0 saturated carbocycles. The van der Waals surface area contributed by atoms with Crippen molar-refractivity contribution in [3.63, 3.8) is 0 Å². The summed E-state index contributed by atoms with van der Waals surface area (Å²) in [5.74, 6) is 0.967. The number of aromatic amines is 1. The van der Waals surface area contributed by atoms with E-state index >= 15 is 0 Å². The zero-order valence-corrected chi connectivity index (χ0v) is 16.1. The van der Waals surface area contributed by atoms with Crippen LogP contribution in [0.5, 0.6) is 11.5 Å². The van der Waals surface area contributed by atoms with E-state index in [2.05, 4.69) is 14.9 Å². The number of fused-ring (bicyclic) bond motifs is 1. The van der Waals surface area contributed by atoms with Crippen LogP contribution >= 0.6 is 12.4 Å². The topological polar surface area (TPSA) is 116 Å². The lowest BCUT2D eigenvalue weighted by Gasteiger charge is -2.12. The molecule has 0 radical (unpaired) electrons. The Morgan fingerprint density at radius 3 is 2.26 bits per heavy atom. The van der Waals surface area contributed by atoms with Gasteiger partial charge in [0.25, 0.3) is 5.56 Å². The van der Waals surface area contributed by atoms with Gasteiger partial charge in [-0.05, 0) is 29.8 Å². The van der Waals surface area contributed by atoms with Gasteiger partial charge in [-0.15, -0.1) is 12.4 Å². The third-order valence-electron chi connectivity index (χ3n) is 3.90. The maximum atomic E-state index is 12.1. The Morgan fingerprint density at radius 2 is 1.70 bits per heavy atom. The fourth-order valence-electron chi connectivity index (χ4n) is 2.66. The van der Waals surface area contributed by atoms with Crippen LogP contribution in [0, 0.1) is 0 Å². The Bertz CT molecular complexity index is 1020. The molecule has 2 aromatic carbocycles. The lowest BCUT2D eigenvalue weighted by molar-refractivity contribution is 0.356. The molecule has 27 heavy (non-hydrogen) atoms. The minimum Gasteiger partial charge on any atom is -0.755 e. The van der Waals surface area contributed by atoms with Crippen molar-refractivity contribution in [1.82, 2.24) is 10.2 Å². The van der Waals surface area contributed by atoms with E-state index < -0.39 is 11.3 Å². The lowest BCUT2D eigenvalue weighted by atomic mass is 10.0. The van der Waals surface area contributed by atoms with Gasteiger partial charge in [-0.2, -0.15) is 5.10 Å². The number of nitrogens with zero attached hydrogens (tertiary/aromatic N) is 1. The molecule has 0 aliphatic carbocycles. The molecular weight excluding hydrogens is 394 g/mol. The van der Waals surface area contributed by atoms with Crippen LogP contribution in [0.3, 0.4) is 0 Å². The fraction of sp³-hybridized carbons (Fsp3) is 0.176. The van der Waals surface area contributed by atoms with Gasteiger partial charge in [-0.3, -0.25) is 9.00 Å². The second kappa shape index (κ2) is 8.85. The van der Waals surface area contributed by atoms with E-state index in [-0.39, 0.29) is 18.0 Å². The van der Waals surface area contributed by atoms with E-state index in [0.29, 0.717) is 40.1 Å². The number of nitrogens with one attached hydrogen (secondary N) is 2. The van der Waals surface area contributed by atoms with Gasteiger partial charge < -0.3 is 18.7 Å². The quantitative estimate of drug-likeness (QED) is 0.601. The molecule has 0 saturated heterocycles. The normalized spacial score (nSPS) is 11.5. The van der Waals surface area contributed by atoms with Crippen LogP contribution in [0.2, 0.25) is 0 Å². The maximum absolute atomic E-state index is 12.1. The summed E-state index contributed by atoms with van der Waals surface area (Å²) >= 11 is -2.37. The molecule has 1 atom stereocenters. The summed E-state index contributed by atoms with van der Waals surface area (Å²) in [6.45, 7) is 0. The first-order valence-corrected chi connectivity index (χ1v) is 8.67. The molecule has 8 nitrogen and oxygen atoms in total. The van der Waals surface area contributed by atoms with Crippen molar-refractivity contribution in [3.8, 4) is 11.5 Å². The number of halogens is 1. The molecule has 0 aliphatic heterocycles. The lowest BCUT2D eigenvalue weighted by Crippen LogP contribution is -2.12. The summed E-state index contributed by atoms with van der Waals surface area (Å²) in [6.07, 6.45) is 0.448. The second-order valence-corrected chi connectivity index (χ2v) is 6.14. The number of ether oxygens (including phenoxy) is 2. The summed E-state index contributed by atoms with van der Waals surface area (Å²) in [7, 11) is 3.03. The van der Waals surface area contributed by atoms with Gasteiger partial charge in [0, 0.05) is 28.8 Å². The number of anilines is 1. The van der Waals surface area contributed by atoms with Crippen LogP contribution in [0.25, 0.3) is 10.8 Å². The highest BCUT2D eigenvalue weighted by Crippen LogP contribution is 2.32. The Kier molecular flexibility index (Phi) is 6.78. The van der Waals surface area contributed by atoms with Crippen molar-refractivity contribution >= 4 is 40.1 Å². The first kappa shape index (κ1) is 20.7. The van der Waals surface area contributed by atoms with E-state index in [1.54, 1.807) is 36.4 Å². The number of rotatable bonds is 6. The summed E-state index contributed by atoms with van der Waals surface area (Å²) in [6, 6.07) is 10.2. The highest BCUT2D eigenvalue weighted by atomic mass is 35.5. The molecular formula is C17H17ClN3O5S-. The van der Waals surface area contributed by atoms with Crippen LogP contribution in [-0.2, 0) is 17.7 Å². The molecule has 10 heteroatoms. The summed E-state index contributed by atoms with van der Waals surface area (Å²) in [5.41, 5.74) is 1.71. The van der Waals surface area contributed by atoms with E-state index in [1.807, 2.05) is 0 Å². The van der Waals surface area contributed by atoms with Crippen molar-refractivity contribution in [1.29, 1.82) is 0 Å². The largest absolute Gasteiger partial charge is 0.755 e. The number of H-pyrrole nitrogens is 1. The van der Waals surface area contributed by atoms with Gasteiger partial charge in [-0.1, -0.05) is 12.1 Å². The van der Waals surface area contributed by atoms with Crippen LogP contribution in [0.1, 0.15) is 11.3 Å². The van der Waals surface area contributed by atoms with Crippen molar-refractivity contribution < 1.29 is 18.2 Å². The Hall–Kier alpha value is -2.62. The van der Waals surface area contributed by atoms with Gasteiger partial charge in [0.2, 0.25) is 0 Å². The van der Waals surface area contributed by atoms with Crippen molar-refractivity contribution in [2.24, 2.45) is 0 Å². The van der Waals surface area contributed by atoms with E-state index in [1.165, 1.54) is 14.2 Å². The molecule has 1 heterocycles. The van der Waals surface area contributed by atoms with Gasteiger partial charge in [0.05, 0.1) is 25.3 Å². The summed E-state index contributed by atoms with van der Waals surface area (Å²) < 4.78 is 34.2. The van der Waals surface area contributed by atoms with Crippen molar-refractivity contribution in [2.45, 2.75) is 6.42 Å². The zero-order valence-electron chi connectivity index (χ0n) is 14.5. The van der Waals surface area contributed by atoms with Crippen LogP contribution in [0.15, 0.2) is 41.2 Å². The average Bonchev–Trinajstić information content (AvgIpc) is 2.64. The predicted molar refractivity (Wildman–Crippen MR) is 105 cm³/mol. The minimum absolute atomic E-state index is 0. The fourth-order valence-corrected chi connectivity index (χ4v) is 2.99. The van der Waals surface area contributed by atoms with Gasteiger partial charge >= 0.3 is 0 Å². The smallest absolute Gasteiger partial charge is 0.272 e. The highest BCUT2D eigenvalue weighted by Gasteiger charge is 2.13. The number of hydrogen-bond acceptors (Lipinski definition) is 6. The molecule has 1 aromatic heterocycles. The third-order valence-corrected chi connectivity index (χ3v) is 4.30. The number of methoxy groups -OCH3 is 2. The van der Waals surface area contributed by atoms with E-state index in [0.717, 1.165) is 5.56 Å². The average molecular weight is 411 g/mol. The predicted octanol–water partition coefficient (Wildman–Crippen LogP) is 2.16. The van der Waals surface area contributed by atoms with E-state index in [9.17, 15) is 13.6 Å². The molecule has 0 spiro atoms. The zero-order chi connectivity index (χ0) is 18.7. The van der Waals surface area contributed by atoms with Gasteiger partial charge in [0.1, 0.15) is 0 Å². The Balaban J connectivity index is 0.00000261. The monoisotopic (exact) mass is 410 g/mol. The van der Waals surface area contributed by atoms with Gasteiger partial charge in [0.15, 0.2) is 11.5 Å². The standard InChI is InChI=1S/C17H17N3O5S.ClH/c1-24-15-8-12-13(9-16(15)25-2)17(21)19-18-14(12)7-10-3-5-11(6-4-10)20-26(22)23;/h3-6,8-9,20H,7H2,1-2H3,(H,19,21)(H,22,23);1H/p-1. The molecule has 2 N–H and O–H groups in total. The summed E-state index contributed by atoms with van der Waals surface area (Å²) in [4.78, 5) is 12.1. The SMILES string of the molecule is COc1cc2c(Cc3ccc(NS(=O)[O-])cc3)n[nH]c(=O)c2cc1OC.Cl. The van der Waals surface area contributed by atoms with Crippen LogP contribution in [0.4, 0.5) is 5.69 Å². The van der Waals surface area contributed by atoms with Gasteiger partial charge in [-0.25, -0.2) is 5.10 Å². The molecule has 3 aromatic rings. The van der Waals surface area contributed by atoms with E-state index in [4.69, 9.17) is 9.47 Å². The number of hydrogen-bond donors (Lipinski definition) is 2. The van der Waals surface area contributed by atoms with Crippen LogP contribution in [-0.4, -0.2) is 33.2 Å². The first-order valence-electron chi connectivity index (χ1n) is 7.60. The summed E-state index contributed by atoms with van der Waals surface area (Å²) in [5, 5.41) is 7.76. The minimum atomic E-state index is -2.37. The highest BCUT2D eigenvalue weighted by molar-refractivity contribution is 7.80. The molecule has 0 aliphatic rings. The molecule has 0 fully saturated rings. The van der Waals surface area contributed by atoms with Crippen molar-refractivity contribution in [3.05, 3.63) is 58.0 Å². The second-order valence-electron chi connectivity index (χ2n) is 5.46. The number of benzene rings is 2. The Labute approximate surface area is 163 Å². The van der Waals surface area contributed by atoms with Crippen molar-refractivity contribution in [2.75, 3.05) is 18.9 Å². The molecule has 3 rings (SSSR count). The Morgan fingerprint density at radius 1 is 1.11 bits per heavy atom. The molecule has 1 unspecified atom stereocenters. The van der Waals surface area contributed by atoms with Crippen LogP contribution < -0.4 is 19.8 Å². The maximum Gasteiger partial charge on any atom is 0.272 e. The third kappa shape index (κ3) is 4.57. The number of aromatic nitrogens is 2. The molecule has 144 valence electrons. The molecule has 0 amide bonds. The molecule has 0 bridgehead atoms.